The van der Waals surface area contributed by atoms with Crippen molar-refractivity contribution in [3.05, 3.63) is 35.9 Å². The van der Waals surface area contributed by atoms with E-state index in [1.807, 2.05) is 35.0 Å². The maximum Gasteiger partial charge on any atom is 0.255 e. The molecule has 1 saturated heterocycles. The summed E-state index contributed by atoms with van der Waals surface area (Å²) in [4.78, 5) is 16.7. The van der Waals surface area contributed by atoms with E-state index >= 15 is 0 Å². The number of piperidine rings is 1. The van der Waals surface area contributed by atoms with E-state index in [2.05, 4.69) is 12.1 Å². The van der Waals surface area contributed by atoms with Crippen LogP contribution in [0.1, 0.15) is 31.2 Å². The second kappa shape index (κ2) is 7.44. The average Bonchev–Trinajstić information content (AvgIpc) is 3.37. The molecule has 0 radical (unpaired) electrons. The molecule has 138 valence electrons. The van der Waals surface area contributed by atoms with Gasteiger partial charge in [-0.15, -0.1) is 0 Å². The van der Waals surface area contributed by atoms with Crippen molar-refractivity contribution in [1.29, 1.82) is 0 Å². The van der Waals surface area contributed by atoms with Gasteiger partial charge in [0.1, 0.15) is 0 Å². The third kappa shape index (κ3) is 4.40. The second-order valence-corrected chi connectivity index (χ2v) is 7.99. The second-order valence-electron chi connectivity index (χ2n) is 7.99. The summed E-state index contributed by atoms with van der Waals surface area (Å²) < 4.78 is 0. The molecule has 0 aromatic heterocycles. The standard InChI is InChI=1S/C20H30N2O3/c1-21(14-19(16-23)10-11-19)15-20(25)9-5-12-22(18(20)24)13-8-17-6-3-2-4-7-17/h2-4,6-7,23,25H,5,8-16H2,1H3/t20-/m0/s1. The molecule has 5 heteroatoms. The first kappa shape index (κ1) is 18.4. The normalized spacial score (nSPS) is 25.4. The Balaban J connectivity index is 1.56. The van der Waals surface area contributed by atoms with Gasteiger partial charge < -0.3 is 20.0 Å². The number of benzene rings is 1. The maximum atomic E-state index is 12.9. The van der Waals surface area contributed by atoms with Crippen molar-refractivity contribution >= 4 is 5.91 Å². The molecule has 2 N–H and O–H groups in total. The molecule has 2 fully saturated rings. The van der Waals surface area contributed by atoms with E-state index in [0.29, 0.717) is 19.5 Å². The Kier molecular flexibility index (Phi) is 5.46. The molecule has 5 nitrogen and oxygen atoms in total. The number of hydrogen-bond donors (Lipinski definition) is 2. The molecule has 3 rings (SSSR count). The zero-order chi connectivity index (χ0) is 17.9. The molecule has 0 spiro atoms. The predicted molar refractivity (Wildman–Crippen MR) is 97.2 cm³/mol. The highest BCUT2D eigenvalue weighted by atomic mass is 16.3. The van der Waals surface area contributed by atoms with Crippen molar-refractivity contribution < 1.29 is 15.0 Å². The van der Waals surface area contributed by atoms with Gasteiger partial charge in [0.25, 0.3) is 5.91 Å². The van der Waals surface area contributed by atoms with E-state index in [4.69, 9.17) is 0 Å². The Morgan fingerprint density at radius 1 is 1.16 bits per heavy atom. The highest BCUT2D eigenvalue weighted by molar-refractivity contribution is 5.86. The summed E-state index contributed by atoms with van der Waals surface area (Å²) in [6.45, 7) is 2.64. The molecule has 0 bridgehead atoms. The lowest BCUT2D eigenvalue weighted by Crippen LogP contribution is -2.58. The van der Waals surface area contributed by atoms with Gasteiger partial charge in [-0.1, -0.05) is 30.3 Å². The van der Waals surface area contributed by atoms with E-state index in [9.17, 15) is 15.0 Å². The van der Waals surface area contributed by atoms with Gasteiger partial charge in [-0.3, -0.25) is 4.79 Å². The molecule has 1 aromatic rings. The zero-order valence-corrected chi connectivity index (χ0v) is 15.2. The Morgan fingerprint density at radius 3 is 2.52 bits per heavy atom. The Morgan fingerprint density at radius 2 is 1.88 bits per heavy atom. The SMILES string of the molecule is CN(CC1(CO)CC1)C[C@@]1(O)CCCN(CCc2ccccc2)C1=O. The van der Waals surface area contributed by atoms with Crippen molar-refractivity contribution in [3.63, 3.8) is 0 Å². The van der Waals surface area contributed by atoms with Gasteiger partial charge in [0, 0.05) is 38.2 Å². The molecule has 1 saturated carbocycles. The minimum Gasteiger partial charge on any atom is -0.396 e. The summed E-state index contributed by atoms with van der Waals surface area (Å²) in [5.41, 5.74) is -0.0921. The molecule has 1 aliphatic carbocycles. The number of likely N-dealkylation sites (N-methyl/N-ethyl adjacent to an activating group) is 1. The summed E-state index contributed by atoms with van der Waals surface area (Å²) >= 11 is 0. The number of aliphatic hydroxyl groups excluding tert-OH is 1. The number of hydrogen-bond acceptors (Lipinski definition) is 4. The van der Waals surface area contributed by atoms with Gasteiger partial charge in [0.15, 0.2) is 5.60 Å². The zero-order valence-electron chi connectivity index (χ0n) is 15.2. The van der Waals surface area contributed by atoms with Gasteiger partial charge >= 0.3 is 0 Å². The Bertz CT molecular complexity index is 588. The Labute approximate surface area is 150 Å². The first-order valence-electron chi connectivity index (χ1n) is 9.32. The number of rotatable bonds is 8. The van der Waals surface area contributed by atoms with Crippen LogP contribution >= 0.6 is 0 Å². The van der Waals surface area contributed by atoms with Crippen LogP contribution in [0, 0.1) is 5.41 Å². The molecule has 2 aliphatic rings. The summed E-state index contributed by atoms with van der Waals surface area (Å²) in [5.74, 6) is -0.143. The molecule has 1 amide bonds. The molecule has 1 heterocycles. The summed E-state index contributed by atoms with van der Waals surface area (Å²) in [6.07, 6.45) is 4.22. The lowest BCUT2D eigenvalue weighted by Gasteiger charge is -2.40. The summed E-state index contributed by atoms with van der Waals surface area (Å²) in [5, 5.41) is 20.5. The van der Waals surface area contributed by atoms with E-state index in [1.165, 1.54) is 5.56 Å². The fourth-order valence-corrected chi connectivity index (χ4v) is 3.95. The molecule has 25 heavy (non-hydrogen) atoms. The third-order valence-electron chi connectivity index (χ3n) is 5.65. The monoisotopic (exact) mass is 346 g/mol. The van der Waals surface area contributed by atoms with E-state index in [0.717, 1.165) is 38.8 Å². The predicted octanol–water partition coefficient (Wildman–Crippen LogP) is 1.29. The van der Waals surface area contributed by atoms with Crippen LogP contribution in [0.25, 0.3) is 0 Å². The quantitative estimate of drug-likeness (QED) is 0.744. The van der Waals surface area contributed by atoms with Crippen molar-refractivity contribution in [1.82, 2.24) is 9.80 Å². The van der Waals surface area contributed by atoms with Crippen LogP contribution in [0.3, 0.4) is 0 Å². The van der Waals surface area contributed by atoms with Crippen molar-refractivity contribution in [2.45, 2.75) is 37.7 Å². The molecule has 0 unspecified atom stereocenters. The maximum absolute atomic E-state index is 12.9. The minimum absolute atomic E-state index is 0.00415. The highest BCUT2D eigenvalue weighted by Gasteiger charge is 2.46. The fourth-order valence-electron chi connectivity index (χ4n) is 3.95. The fraction of sp³-hybridized carbons (Fsp3) is 0.650. The highest BCUT2D eigenvalue weighted by Crippen LogP contribution is 2.45. The van der Waals surface area contributed by atoms with Crippen LogP contribution in [0.5, 0.6) is 0 Å². The van der Waals surface area contributed by atoms with Gasteiger partial charge in [0.2, 0.25) is 0 Å². The molecule has 1 aliphatic heterocycles. The minimum atomic E-state index is -1.30. The number of likely N-dealkylation sites (tertiary alicyclic amines) is 1. The molecule has 1 atom stereocenters. The first-order chi connectivity index (χ1) is 12.0. The van der Waals surface area contributed by atoms with E-state index in [1.54, 1.807) is 0 Å². The van der Waals surface area contributed by atoms with Crippen molar-refractivity contribution in [3.8, 4) is 0 Å². The molecular formula is C20H30N2O3. The van der Waals surface area contributed by atoms with Gasteiger partial charge in [-0.25, -0.2) is 0 Å². The van der Waals surface area contributed by atoms with Gasteiger partial charge in [-0.05, 0) is 44.7 Å². The van der Waals surface area contributed by atoms with Gasteiger partial charge in [-0.2, -0.15) is 0 Å². The number of aliphatic hydroxyl groups is 2. The Hall–Kier alpha value is -1.43. The number of carbonyl (C=O) groups excluding carboxylic acids is 1. The van der Waals surface area contributed by atoms with Crippen molar-refractivity contribution in [2.24, 2.45) is 5.41 Å². The topological polar surface area (TPSA) is 64.0 Å². The smallest absolute Gasteiger partial charge is 0.255 e. The number of carbonyl (C=O) groups is 1. The number of nitrogens with zero attached hydrogens (tertiary/aromatic N) is 2. The lowest BCUT2D eigenvalue weighted by atomic mass is 9.90. The van der Waals surface area contributed by atoms with Crippen LogP contribution in [-0.4, -0.2) is 71.4 Å². The average molecular weight is 346 g/mol. The van der Waals surface area contributed by atoms with Crippen LogP contribution in [0.15, 0.2) is 30.3 Å². The third-order valence-corrected chi connectivity index (χ3v) is 5.65. The van der Waals surface area contributed by atoms with E-state index in [-0.39, 0.29) is 17.9 Å². The largest absolute Gasteiger partial charge is 0.396 e. The van der Waals surface area contributed by atoms with Crippen LogP contribution < -0.4 is 0 Å². The van der Waals surface area contributed by atoms with Crippen LogP contribution in [-0.2, 0) is 11.2 Å². The lowest BCUT2D eigenvalue weighted by molar-refractivity contribution is -0.159. The van der Waals surface area contributed by atoms with Crippen LogP contribution in [0.4, 0.5) is 0 Å². The molecule has 1 aromatic carbocycles. The summed E-state index contributed by atoms with van der Waals surface area (Å²) in [6, 6.07) is 10.1. The number of amides is 1. The van der Waals surface area contributed by atoms with Gasteiger partial charge in [0.05, 0.1) is 0 Å². The van der Waals surface area contributed by atoms with E-state index < -0.39 is 5.60 Å². The summed E-state index contributed by atoms with van der Waals surface area (Å²) in [7, 11) is 1.93. The van der Waals surface area contributed by atoms with Crippen LogP contribution in [0.2, 0.25) is 0 Å². The van der Waals surface area contributed by atoms with Crippen molar-refractivity contribution in [2.75, 3.05) is 39.8 Å². The first-order valence-corrected chi connectivity index (χ1v) is 9.32. The molecular weight excluding hydrogens is 316 g/mol.